The molecule has 0 amide bonds. The third-order valence-corrected chi connectivity index (χ3v) is 7.65. The summed E-state index contributed by atoms with van der Waals surface area (Å²) in [6.45, 7) is 2.42. The predicted octanol–water partition coefficient (Wildman–Crippen LogP) is 5.77. The SMILES string of the molecule is C[C@]12CCC3=CC4=C(CCCC4=O)O[C@H]3[C@@H]1CC=C2c1cccc2cnccc12. The van der Waals surface area contributed by atoms with Gasteiger partial charge in [0.05, 0.1) is 5.57 Å². The summed E-state index contributed by atoms with van der Waals surface area (Å²) in [5, 5.41) is 2.48. The zero-order valence-electron chi connectivity index (χ0n) is 16.8. The van der Waals surface area contributed by atoms with Gasteiger partial charge in [0, 0.05) is 42.0 Å². The smallest absolute Gasteiger partial charge is 0.166 e. The third kappa shape index (κ3) is 2.43. The molecule has 4 aliphatic rings. The van der Waals surface area contributed by atoms with Crippen molar-refractivity contribution in [3.8, 4) is 0 Å². The van der Waals surface area contributed by atoms with Gasteiger partial charge < -0.3 is 4.74 Å². The molecule has 6 rings (SSSR count). The van der Waals surface area contributed by atoms with Crippen LogP contribution in [-0.2, 0) is 9.53 Å². The number of pyridine rings is 1. The minimum Gasteiger partial charge on any atom is -0.489 e. The normalized spacial score (nSPS) is 30.9. The van der Waals surface area contributed by atoms with E-state index in [0.717, 1.165) is 43.4 Å². The van der Waals surface area contributed by atoms with Crippen molar-refractivity contribution >= 4 is 22.1 Å². The number of hydrogen-bond donors (Lipinski definition) is 0. The van der Waals surface area contributed by atoms with Crippen LogP contribution in [0.1, 0.15) is 51.0 Å². The fraction of sp³-hybridized carbons (Fsp3) is 0.385. The van der Waals surface area contributed by atoms with Crippen molar-refractivity contribution < 1.29 is 9.53 Å². The predicted molar refractivity (Wildman–Crippen MR) is 114 cm³/mol. The molecule has 2 heterocycles. The summed E-state index contributed by atoms with van der Waals surface area (Å²) in [6.07, 6.45) is 14.2. The molecule has 0 unspecified atom stereocenters. The Hall–Kier alpha value is -2.68. The van der Waals surface area contributed by atoms with Crippen LogP contribution in [0.3, 0.4) is 0 Å². The number of Topliss-reactive ketones (excluding diaryl/α,β-unsaturated/α-hetero) is 1. The van der Waals surface area contributed by atoms with Gasteiger partial charge in [-0.1, -0.05) is 31.2 Å². The molecule has 0 bridgehead atoms. The number of nitrogens with zero attached hydrogens (tertiary/aromatic N) is 1. The number of benzene rings is 1. The molecule has 3 atom stereocenters. The molecule has 3 nitrogen and oxygen atoms in total. The van der Waals surface area contributed by atoms with Gasteiger partial charge in [0.25, 0.3) is 0 Å². The fourth-order valence-corrected chi connectivity index (χ4v) is 6.06. The van der Waals surface area contributed by atoms with Gasteiger partial charge in [0.2, 0.25) is 0 Å². The lowest BCUT2D eigenvalue weighted by molar-refractivity contribution is -0.116. The fourth-order valence-electron chi connectivity index (χ4n) is 6.06. The van der Waals surface area contributed by atoms with E-state index in [4.69, 9.17) is 4.74 Å². The zero-order valence-corrected chi connectivity index (χ0v) is 16.8. The summed E-state index contributed by atoms with van der Waals surface area (Å²) < 4.78 is 6.56. The van der Waals surface area contributed by atoms with Crippen LogP contribution in [-0.4, -0.2) is 16.9 Å². The zero-order chi connectivity index (χ0) is 19.6. The maximum Gasteiger partial charge on any atom is 0.166 e. The monoisotopic (exact) mass is 383 g/mol. The first-order valence-electron chi connectivity index (χ1n) is 10.8. The Labute approximate surface area is 171 Å². The van der Waals surface area contributed by atoms with Crippen molar-refractivity contribution in [1.29, 1.82) is 0 Å². The number of fused-ring (bicyclic) bond motifs is 4. The van der Waals surface area contributed by atoms with E-state index in [1.54, 1.807) is 0 Å². The van der Waals surface area contributed by atoms with E-state index >= 15 is 0 Å². The summed E-state index contributed by atoms with van der Waals surface area (Å²) in [7, 11) is 0. The molecule has 146 valence electrons. The second-order valence-corrected chi connectivity index (χ2v) is 9.15. The highest BCUT2D eigenvalue weighted by Gasteiger charge is 2.51. The van der Waals surface area contributed by atoms with Crippen molar-refractivity contribution in [2.45, 2.75) is 51.6 Å². The summed E-state index contributed by atoms with van der Waals surface area (Å²) in [5.74, 6) is 1.64. The van der Waals surface area contributed by atoms with Crippen molar-refractivity contribution in [2.75, 3.05) is 0 Å². The summed E-state index contributed by atoms with van der Waals surface area (Å²) in [4.78, 5) is 16.7. The molecule has 29 heavy (non-hydrogen) atoms. The topological polar surface area (TPSA) is 39.2 Å². The molecule has 0 saturated heterocycles. The van der Waals surface area contributed by atoms with E-state index in [1.165, 1.54) is 27.5 Å². The number of hydrogen-bond acceptors (Lipinski definition) is 3. The van der Waals surface area contributed by atoms with E-state index in [0.29, 0.717) is 12.3 Å². The molecule has 3 aliphatic carbocycles. The molecule has 2 aromatic rings. The Morgan fingerprint density at radius 2 is 2.10 bits per heavy atom. The van der Waals surface area contributed by atoms with Gasteiger partial charge in [0.15, 0.2) is 5.78 Å². The Morgan fingerprint density at radius 3 is 3.03 bits per heavy atom. The molecule has 0 N–H and O–H groups in total. The van der Waals surface area contributed by atoms with Crippen molar-refractivity contribution in [2.24, 2.45) is 11.3 Å². The van der Waals surface area contributed by atoms with E-state index in [1.807, 2.05) is 12.4 Å². The molecule has 1 fully saturated rings. The number of aromatic nitrogens is 1. The molecule has 1 aliphatic heterocycles. The van der Waals surface area contributed by atoms with Gasteiger partial charge in [-0.05, 0) is 59.9 Å². The lowest BCUT2D eigenvalue weighted by Crippen LogP contribution is -2.42. The number of ketones is 1. The summed E-state index contributed by atoms with van der Waals surface area (Å²) in [5.41, 5.74) is 5.08. The van der Waals surface area contributed by atoms with Crippen molar-refractivity contribution in [3.63, 3.8) is 0 Å². The van der Waals surface area contributed by atoms with Crippen LogP contribution in [0.5, 0.6) is 0 Å². The Kier molecular flexibility index (Phi) is 3.65. The molecule has 0 radical (unpaired) electrons. The van der Waals surface area contributed by atoms with Crippen LogP contribution in [0.25, 0.3) is 16.3 Å². The second-order valence-electron chi connectivity index (χ2n) is 9.15. The second kappa shape index (κ2) is 6.16. The molecule has 1 aromatic carbocycles. The quantitative estimate of drug-likeness (QED) is 0.627. The van der Waals surface area contributed by atoms with Gasteiger partial charge in [0.1, 0.15) is 11.9 Å². The lowest BCUT2D eigenvalue weighted by Gasteiger charge is -2.47. The molecule has 1 aromatic heterocycles. The highest BCUT2D eigenvalue weighted by atomic mass is 16.5. The van der Waals surface area contributed by atoms with Gasteiger partial charge >= 0.3 is 0 Å². The van der Waals surface area contributed by atoms with Crippen LogP contribution in [0.4, 0.5) is 0 Å². The van der Waals surface area contributed by atoms with Crippen LogP contribution < -0.4 is 0 Å². The minimum absolute atomic E-state index is 0.0936. The average molecular weight is 383 g/mol. The van der Waals surface area contributed by atoms with E-state index in [-0.39, 0.29) is 17.3 Å². The first-order valence-corrected chi connectivity index (χ1v) is 10.8. The summed E-state index contributed by atoms with van der Waals surface area (Å²) >= 11 is 0. The van der Waals surface area contributed by atoms with Crippen LogP contribution in [0.2, 0.25) is 0 Å². The Bertz CT molecular complexity index is 1130. The molecular formula is C26H25NO2. The molecule has 0 spiro atoms. The number of rotatable bonds is 1. The van der Waals surface area contributed by atoms with Crippen molar-refractivity contribution in [1.82, 2.24) is 4.98 Å². The lowest BCUT2D eigenvalue weighted by atomic mass is 9.62. The highest BCUT2D eigenvalue weighted by Crippen LogP contribution is 2.59. The standard InChI is InChI=1S/C26H25NO2/c1-26-12-10-16-14-20-23(28)6-3-7-24(20)29-25(16)22(26)9-8-21(26)19-5-2-4-17-15-27-13-11-18(17)19/h2,4-5,8,11,13-15,22,25H,3,6-7,9-10,12H2,1H3/t22-,25+,26+/m0/s1. The van der Waals surface area contributed by atoms with E-state index in [2.05, 4.69) is 48.3 Å². The van der Waals surface area contributed by atoms with Gasteiger partial charge in [-0.2, -0.15) is 0 Å². The first-order chi connectivity index (χ1) is 14.1. The van der Waals surface area contributed by atoms with E-state index in [9.17, 15) is 4.79 Å². The van der Waals surface area contributed by atoms with Crippen LogP contribution in [0.15, 0.2) is 65.7 Å². The van der Waals surface area contributed by atoms with E-state index < -0.39 is 0 Å². The average Bonchev–Trinajstić information content (AvgIpc) is 3.10. The maximum absolute atomic E-state index is 12.4. The minimum atomic E-state index is 0.0936. The largest absolute Gasteiger partial charge is 0.489 e. The number of ether oxygens (including phenoxy) is 1. The first kappa shape index (κ1) is 17.2. The number of carbonyl (C=O) groups is 1. The maximum atomic E-state index is 12.4. The Morgan fingerprint density at radius 1 is 1.17 bits per heavy atom. The number of allylic oxidation sites excluding steroid dienone is 5. The van der Waals surface area contributed by atoms with Crippen molar-refractivity contribution in [3.05, 3.63) is 71.3 Å². The molecular weight excluding hydrogens is 358 g/mol. The van der Waals surface area contributed by atoms with Gasteiger partial charge in [-0.3, -0.25) is 9.78 Å². The number of carbonyl (C=O) groups excluding carboxylic acids is 1. The Balaban J connectivity index is 1.39. The van der Waals surface area contributed by atoms with Gasteiger partial charge in [-0.15, -0.1) is 0 Å². The van der Waals surface area contributed by atoms with Crippen LogP contribution >= 0.6 is 0 Å². The molecule has 3 heteroatoms. The highest BCUT2D eigenvalue weighted by molar-refractivity contribution is 6.00. The van der Waals surface area contributed by atoms with Crippen LogP contribution in [0, 0.1) is 11.3 Å². The molecule has 1 saturated carbocycles. The summed E-state index contributed by atoms with van der Waals surface area (Å²) in [6, 6.07) is 8.68. The van der Waals surface area contributed by atoms with Gasteiger partial charge in [-0.25, -0.2) is 0 Å². The third-order valence-electron chi connectivity index (χ3n) is 7.65.